The fourth-order valence-corrected chi connectivity index (χ4v) is 4.93. The maximum Gasteiger partial charge on any atom is 0.305 e. The van der Waals surface area contributed by atoms with Gasteiger partial charge < -0.3 is 9.15 Å². The predicted molar refractivity (Wildman–Crippen MR) is 94.5 cm³/mol. The third-order valence-electron chi connectivity index (χ3n) is 4.47. The van der Waals surface area contributed by atoms with Crippen molar-refractivity contribution in [2.75, 3.05) is 18.6 Å². The first kappa shape index (κ1) is 18.2. The van der Waals surface area contributed by atoms with Gasteiger partial charge in [-0.1, -0.05) is 0 Å². The van der Waals surface area contributed by atoms with Crippen molar-refractivity contribution in [2.45, 2.75) is 19.8 Å². The molecule has 9 heteroatoms. The summed E-state index contributed by atoms with van der Waals surface area (Å²) < 4.78 is 33.6. The topological polar surface area (TPSA) is 115 Å². The molecule has 3 rings (SSSR count). The monoisotopic (exact) mass is 380 g/mol. The van der Waals surface area contributed by atoms with Crippen LogP contribution in [0.3, 0.4) is 0 Å². The van der Waals surface area contributed by atoms with Gasteiger partial charge in [0, 0.05) is 17.4 Å². The number of carbonyl (C=O) groups is 2. The lowest BCUT2D eigenvalue weighted by Crippen LogP contribution is -2.42. The number of methoxy groups -OCH3 is 1. The second-order valence-corrected chi connectivity index (χ2v) is 8.62. The van der Waals surface area contributed by atoms with Crippen molar-refractivity contribution in [1.29, 1.82) is 0 Å². The van der Waals surface area contributed by atoms with Gasteiger partial charge in [-0.3, -0.25) is 20.4 Å². The van der Waals surface area contributed by atoms with E-state index in [4.69, 9.17) is 9.15 Å². The average molecular weight is 380 g/mol. The third kappa shape index (κ3) is 3.82. The molecular weight excluding hydrogens is 360 g/mol. The number of amides is 2. The van der Waals surface area contributed by atoms with Crippen LogP contribution in [0.25, 0.3) is 11.0 Å². The first-order chi connectivity index (χ1) is 12.3. The Kier molecular flexibility index (Phi) is 4.90. The van der Waals surface area contributed by atoms with Crippen molar-refractivity contribution in [2.24, 2.45) is 5.92 Å². The smallest absolute Gasteiger partial charge is 0.305 e. The number of benzene rings is 1. The third-order valence-corrected chi connectivity index (χ3v) is 6.30. The number of nitrogens with one attached hydrogen (secondary N) is 2. The van der Waals surface area contributed by atoms with E-state index in [-0.39, 0.29) is 29.6 Å². The number of hydrogen-bond acceptors (Lipinski definition) is 6. The molecule has 26 heavy (non-hydrogen) atoms. The summed E-state index contributed by atoms with van der Waals surface area (Å²) in [5.74, 6) is -0.360. The van der Waals surface area contributed by atoms with Crippen molar-refractivity contribution in [3.05, 3.63) is 29.5 Å². The molecule has 8 nitrogen and oxygen atoms in total. The van der Waals surface area contributed by atoms with Gasteiger partial charge in [-0.2, -0.15) is 0 Å². The molecule has 2 aromatic rings. The van der Waals surface area contributed by atoms with Crippen LogP contribution < -0.4 is 15.6 Å². The van der Waals surface area contributed by atoms with Gasteiger partial charge in [0.25, 0.3) is 0 Å². The van der Waals surface area contributed by atoms with Crippen LogP contribution in [0.2, 0.25) is 0 Å². The molecule has 1 aliphatic rings. The summed E-state index contributed by atoms with van der Waals surface area (Å²) in [4.78, 5) is 24.2. The first-order valence-electron chi connectivity index (χ1n) is 8.16. The molecule has 1 aromatic heterocycles. The van der Waals surface area contributed by atoms with Gasteiger partial charge in [-0.15, -0.1) is 0 Å². The van der Waals surface area contributed by atoms with Gasteiger partial charge in [-0.25, -0.2) is 8.42 Å². The van der Waals surface area contributed by atoms with Gasteiger partial charge in [-0.05, 0) is 37.5 Å². The minimum atomic E-state index is -3.03. The Hall–Kier alpha value is -2.55. The number of carbonyl (C=O) groups excluding carboxylic acids is 2. The first-order valence-corrected chi connectivity index (χ1v) is 9.98. The quantitative estimate of drug-likeness (QED) is 0.774. The minimum Gasteiger partial charge on any atom is -0.497 e. The predicted octanol–water partition coefficient (Wildman–Crippen LogP) is 1.34. The van der Waals surface area contributed by atoms with E-state index >= 15 is 0 Å². The van der Waals surface area contributed by atoms with Crippen LogP contribution in [0.15, 0.2) is 22.6 Å². The zero-order valence-electron chi connectivity index (χ0n) is 14.5. The van der Waals surface area contributed by atoms with Crippen LogP contribution in [0.1, 0.15) is 29.0 Å². The molecule has 1 fully saturated rings. The summed E-state index contributed by atoms with van der Waals surface area (Å²) in [5, 5.41) is 0.747. The highest BCUT2D eigenvalue weighted by atomic mass is 32.2. The Labute approximate surface area is 150 Å². The van der Waals surface area contributed by atoms with Gasteiger partial charge in [0.1, 0.15) is 11.3 Å². The molecule has 0 spiro atoms. The SMILES string of the molecule is COc1ccc2oc(C(=O)NNC(=O)C[C@@H]3CCS(=O)(=O)C3)c(C)c2c1. The van der Waals surface area contributed by atoms with Crippen molar-refractivity contribution in [1.82, 2.24) is 10.9 Å². The lowest BCUT2D eigenvalue weighted by molar-refractivity contribution is -0.122. The fourth-order valence-electron chi connectivity index (χ4n) is 3.07. The van der Waals surface area contributed by atoms with Crippen molar-refractivity contribution in [3.63, 3.8) is 0 Å². The van der Waals surface area contributed by atoms with Crippen molar-refractivity contribution < 1.29 is 27.2 Å². The number of furan rings is 1. The molecule has 1 atom stereocenters. The van der Waals surface area contributed by atoms with Crippen LogP contribution in [-0.4, -0.2) is 38.8 Å². The summed E-state index contributed by atoms with van der Waals surface area (Å²) in [6.07, 6.45) is 0.518. The Morgan fingerprint density at radius 1 is 1.31 bits per heavy atom. The van der Waals surface area contributed by atoms with Gasteiger partial charge in [0.15, 0.2) is 15.6 Å². The lowest BCUT2D eigenvalue weighted by atomic mass is 10.1. The van der Waals surface area contributed by atoms with E-state index in [9.17, 15) is 18.0 Å². The fraction of sp³-hybridized carbons (Fsp3) is 0.412. The van der Waals surface area contributed by atoms with E-state index in [1.165, 1.54) is 0 Å². The summed E-state index contributed by atoms with van der Waals surface area (Å²) in [6.45, 7) is 1.74. The van der Waals surface area contributed by atoms with E-state index in [2.05, 4.69) is 10.9 Å². The molecule has 0 aliphatic carbocycles. The highest BCUT2D eigenvalue weighted by Crippen LogP contribution is 2.28. The number of hydrazine groups is 1. The number of aryl methyl sites for hydroxylation is 1. The van der Waals surface area contributed by atoms with E-state index < -0.39 is 21.7 Å². The Morgan fingerprint density at radius 3 is 2.73 bits per heavy atom. The van der Waals surface area contributed by atoms with E-state index in [0.717, 1.165) is 5.39 Å². The molecule has 0 radical (unpaired) electrons. The molecule has 1 saturated heterocycles. The largest absolute Gasteiger partial charge is 0.497 e. The average Bonchev–Trinajstić information content (AvgIpc) is 3.11. The zero-order valence-corrected chi connectivity index (χ0v) is 15.3. The van der Waals surface area contributed by atoms with Crippen molar-refractivity contribution in [3.8, 4) is 5.75 Å². The summed E-state index contributed by atoms with van der Waals surface area (Å²) in [5.41, 5.74) is 5.79. The number of ether oxygens (including phenoxy) is 1. The second kappa shape index (κ2) is 6.99. The molecule has 1 aliphatic heterocycles. The molecule has 2 amide bonds. The number of hydrogen-bond donors (Lipinski definition) is 2. The Balaban J connectivity index is 1.62. The highest BCUT2D eigenvalue weighted by molar-refractivity contribution is 7.91. The van der Waals surface area contributed by atoms with Crippen LogP contribution in [0, 0.1) is 12.8 Å². The highest BCUT2D eigenvalue weighted by Gasteiger charge is 2.29. The molecular formula is C17H20N2O6S. The summed E-state index contributed by atoms with van der Waals surface area (Å²) in [6, 6.07) is 5.20. The van der Waals surface area contributed by atoms with E-state index in [0.29, 0.717) is 23.3 Å². The molecule has 1 aromatic carbocycles. The number of fused-ring (bicyclic) bond motifs is 1. The van der Waals surface area contributed by atoms with Crippen LogP contribution in [0.4, 0.5) is 0 Å². The maximum atomic E-state index is 12.3. The normalized spacial score (nSPS) is 18.6. The molecule has 0 unspecified atom stereocenters. The summed E-state index contributed by atoms with van der Waals surface area (Å²) >= 11 is 0. The molecule has 2 N–H and O–H groups in total. The molecule has 0 bridgehead atoms. The molecule has 140 valence electrons. The van der Waals surface area contributed by atoms with E-state index in [1.54, 1.807) is 32.2 Å². The Bertz CT molecular complexity index is 963. The number of rotatable bonds is 4. The van der Waals surface area contributed by atoms with Gasteiger partial charge in [0.2, 0.25) is 5.91 Å². The van der Waals surface area contributed by atoms with Crippen LogP contribution in [-0.2, 0) is 14.6 Å². The van der Waals surface area contributed by atoms with Crippen LogP contribution in [0.5, 0.6) is 5.75 Å². The summed E-state index contributed by atoms with van der Waals surface area (Å²) in [7, 11) is -1.48. The molecule has 2 heterocycles. The van der Waals surface area contributed by atoms with Gasteiger partial charge in [0.05, 0.1) is 18.6 Å². The number of sulfone groups is 1. The van der Waals surface area contributed by atoms with Gasteiger partial charge >= 0.3 is 5.91 Å². The molecule has 0 saturated carbocycles. The lowest BCUT2D eigenvalue weighted by Gasteiger charge is -2.09. The minimum absolute atomic E-state index is 0.0128. The maximum absolute atomic E-state index is 12.3. The zero-order chi connectivity index (χ0) is 18.9. The van der Waals surface area contributed by atoms with E-state index in [1.807, 2.05) is 0 Å². The van der Waals surface area contributed by atoms with Crippen LogP contribution >= 0.6 is 0 Å². The second-order valence-electron chi connectivity index (χ2n) is 6.39. The standard InChI is InChI=1S/C17H20N2O6S/c1-10-13-8-12(24-2)3-4-14(13)25-16(10)17(21)19-18-15(20)7-11-5-6-26(22,23)9-11/h3-4,8,11H,5-7,9H2,1-2H3,(H,18,20)(H,19,21)/t11-/m0/s1. The Morgan fingerprint density at radius 2 is 2.08 bits per heavy atom. The van der Waals surface area contributed by atoms with Crippen molar-refractivity contribution >= 4 is 32.6 Å².